The maximum atomic E-state index is 12.2. The highest BCUT2D eigenvalue weighted by molar-refractivity contribution is 6.08. The molecule has 6 nitrogen and oxygen atoms in total. The molecule has 1 aromatic carbocycles. The van der Waals surface area contributed by atoms with Crippen LogP contribution in [0.2, 0.25) is 0 Å². The molecule has 0 aliphatic carbocycles. The SMILES string of the molecule is O=C1Nc2ccccc2C12NN=C(c1ccco1)O2. The number of hydrogen-bond donors (Lipinski definition) is 2. The summed E-state index contributed by atoms with van der Waals surface area (Å²) in [5, 5.41) is 6.82. The van der Waals surface area contributed by atoms with Gasteiger partial charge in [0.1, 0.15) is 0 Å². The van der Waals surface area contributed by atoms with E-state index in [2.05, 4.69) is 15.8 Å². The van der Waals surface area contributed by atoms with E-state index in [1.807, 2.05) is 24.3 Å². The van der Waals surface area contributed by atoms with E-state index in [0.29, 0.717) is 11.3 Å². The molecule has 2 aliphatic rings. The predicted octanol–water partition coefficient (Wildman–Crippen LogP) is 1.37. The lowest BCUT2D eigenvalue weighted by Crippen LogP contribution is -2.44. The Bertz CT molecular complexity index is 693. The van der Waals surface area contributed by atoms with Crippen molar-refractivity contribution in [2.75, 3.05) is 5.32 Å². The van der Waals surface area contributed by atoms with Crippen molar-refractivity contribution in [3.63, 3.8) is 0 Å². The van der Waals surface area contributed by atoms with Crippen LogP contribution in [0, 0.1) is 0 Å². The van der Waals surface area contributed by atoms with E-state index in [1.165, 1.54) is 6.26 Å². The molecule has 1 atom stereocenters. The van der Waals surface area contributed by atoms with Crippen molar-refractivity contribution in [2.45, 2.75) is 5.72 Å². The van der Waals surface area contributed by atoms with Crippen molar-refractivity contribution in [1.82, 2.24) is 5.43 Å². The summed E-state index contributed by atoms with van der Waals surface area (Å²) in [4.78, 5) is 12.2. The van der Waals surface area contributed by atoms with E-state index in [9.17, 15) is 4.79 Å². The molecule has 0 fully saturated rings. The Labute approximate surface area is 108 Å². The first-order valence-electron chi connectivity index (χ1n) is 5.78. The van der Waals surface area contributed by atoms with Crippen LogP contribution in [-0.4, -0.2) is 11.8 Å². The zero-order valence-electron chi connectivity index (χ0n) is 9.71. The monoisotopic (exact) mass is 255 g/mol. The lowest BCUT2D eigenvalue weighted by molar-refractivity contribution is -0.133. The van der Waals surface area contributed by atoms with E-state index in [4.69, 9.17) is 9.15 Å². The molecule has 3 heterocycles. The summed E-state index contributed by atoms with van der Waals surface area (Å²) in [5.41, 5.74) is 2.91. The van der Waals surface area contributed by atoms with Gasteiger partial charge in [-0.25, -0.2) is 0 Å². The number of fused-ring (bicyclic) bond motifs is 2. The summed E-state index contributed by atoms with van der Waals surface area (Å²) in [6.07, 6.45) is 1.52. The van der Waals surface area contributed by atoms with Crippen molar-refractivity contribution < 1.29 is 13.9 Å². The van der Waals surface area contributed by atoms with Gasteiger partial charge in [0.15, 0.2) is 5.76 Å². The zero-order chi connectivity index (χ0) is 12.9. The lowest BCUT2D eigenvalue weighted by Gasteiger charge is -2.20. The van der Waals surface area contributed by atoms with Crippen molar-refractivity contribution in [3.8, 4) is 0 Å². The van der Waals surface area contributed by atoms with Gasteiger partial charge in [-0.3, -0.25) is 10.2 Å². The Balaban J connectivity index is 1.76. The van der Waals surface area contributed by atoms with Gasteiger partial charge >= 0.3 is 5.72 Å². The first kappa shape index (κ1) is 10.2. The smallest absolute Gasteiger partial charge is 0.305 e. The summed E-state index contributed by atoms with van der Waals surface area (Å²) < 4.78 is 10.9. The average Bonchev–Trinajstić information content (AvgIpc) is 3.13. The third kappa shape index (κ3) is 1.25. The summed E-state index contributed by atoms with van der Waals surface area (Å²) in [5.74, 6) is 0.442. The Hall–Kier alpha value is -2.76. The fourth-order valence-corrected chi connectivity index (χ4v) is 2.27. The minimum absolute atomic E-state index is 0.261. The molecule has 1 spiro atoms. The van der Waals surface area contributed by atoms with E-state index < -0.39 is 5.72 Å². The van der Waals surface area contributed by atoms with Gasteiger partial charge in [-0.05, 0) is 18.2 Å². The zero-order valence-corrected chi connectivity index (χ0v) is 9.71. The topological polar surface area (TPSA) is 75.9 Å². The number of hydrogen-bond acceptors (Lipinski definition) is 5. The number of carbonyl (C=O) groups excluding carboxylic acids is 1. The minimum Gasteiger partial charge on any atom is -0.459 e. The van der Waals surface area contributed by atoms with E-state index in [-0.39, 0.29) is 11.8 Å². The second kappa shape index (κ2) is 3.38. The maximum absolute atomic E-state index is 12.2. The van der Waals surface area contributed by atoms with E-state index >= 15 is 0 Å². The Morgan fingerprint density at radius 1 is 1.16 bits per heavy atom. The molecule has 1 amide bonds. The third-order valence-electron chi connectivity index (χ3n) is 3.17. The molecular weight excluding hydrogens is 246 g/mol. The molecule has 1 aromatic heterocycles. The van der Waals surface area contributed by atoms with Gasteiger partial charge < -0.3 is 14.5 Å². The van der Waals surface area contributed by atoms with Crippen LogP contribution in [0.1, 0.15) is 11.3 Å². The van der Waals surface area contributed by atoms with Crippen molar-refractivity contribution in [3.05, 3.63) is 54.0 Å². The van der Waals surface area contributed by atoms with Gasteiger partial charge in [-0.15, -0.1) is 5.10 Å². The maximum Gasteiger partial charge on any atom is 0.305 e. The number of hydrazone groups is 1. The van der Waals surface area contributed by atoms with Gasteiger partial charge in [0.25, 0.3) is 11.8 Å². The van der Waals surface area contributed by atoms with Gasteiger partial charge in [0, 0.05) is 0 Å². The average molecular weight is 255 g/mol. The molecule has 2 aromatic rings. The van der Waals surface area contributed by atoms with Crippen LogP contribution in [-0.2, 0) is 15.3 Å². The largest absolute Gasteiger partial charge is 0.459 e. The number of furan rings is 1. The van der Waals surface area contributed by atoms with Gasteiger partial charge in [0.05, 0.1) is 17.5 Å². The number of carbonyl (C=O) groups is 1. The van der Waals surface area contributed by atoms with Crippen LogP contribution in [0.3, 0.4) is 0 Å². The predicted molar refractivity (Wildman–Crippen MR) is 66.2 cm³/mol. The minimum atomic E-state index is -1.29. The second-order valence-corrected chi connectivity index (χ2v) is 4.29. The Morgan fingerprint density at radius 3 is 2.89 bits per heavy atom. The molecule has 0 saturated carbocycles. The van der Waals surface area contributed by atoms with E-state index in [1.54, 1.807) is 12.1 Å². The molecule has 19 heavy (non-hydrogen) atoms. The highest BCUT2D eigenvalue weighted by atomic mass is 16.6. The molecular formula is C13H9N3O3. The molecule has 6 heteroatoms. The third-order valence-corrected chi connectivity index (χ3v) is 3.17. The molecule has 1 unspecified atom stereocenters. The van der Waals surface area contributed by atoms with Crippen LogP contribution >= 0.6 is 0 Å². The van der Waals surface area contributed by atoms with Gasteiger partial charge in [0.2, 0.25) is 0 Å². The van der Waals surface area contributed by atoms with Crippen LogP contribution < -0.4 is 10.7 Å². The van der Waals surface area contributed by atoms with Crippen LogP contribution in [0.4, 0.5) is 5.69 Å². The number of nitrogens with one attached hydrogen (secondary N) is 2. The first-order chi connectivity index (χ1) is 9.29. The highest BCUT2D eigenvalue weighted by Gasteiger charge is 2.53. The molecule has 0 saturated heterocycles. The molecule has 2 N–H and O–H groups in total. The normalized spacial score (nSPS) is 23.6. The number of benzene rings is 1. The first-order valence-corrected chi connectivity index (χ1v) is 5.78. The van der Waals surface area contributed by atoms with Crippen molar-refractivity contribution >= 4 is 17.5 Å². The van der Waals surface area contributed by atoms with Crippen molar-refractivity contribution in [2.24, 2.45) is 5.10 Å². The summed E-state index contributed by atoms with van der Waals surface area (Å²) in [6, 6.07) is 10.8. The number of anilines is 1. The van der Waals surface area contributed by atoms with Crippen LogP contribution in [0.25, 0.3) is 0 Å². The number of nitrogens with zero attached hydrogens (tertiary/aromatic N) is 1. The fourth-order valence-electron chi connectivity index (χ4n) is 2.27. The molecule has 4 rings (SSSR count). The fraction of sp³-hybridized carbons (Fsp3) is 0.0769. The van der Waals surface area contributed by atoms with E-state index in [0.717, 1.165) is 5.69 Å². The van der Waals surface area contributed by atoms with Gasteiger partial charge in [-0.2, -0.15) is 0 Å². The molecule has 2 aliphatic heterocycles. The van der Waals surface area contributed by atoms with Crippen LogP contribution in [0.15, 0.2) is 52.2 Å². The number of rotatable bonds is 1. The van der Waals surface area contributed by atoms with Gasteiger partial charge in [-0.1, -0.05) is 18.2 Å². The van der Waals surface area contributed by atoms with Crippen LogP contribution in [0.5, 0.6) is 0 Å². The molecule has 0 radical (unpaired) electrons. The number of para-hydroxylation sites is 1. The lowest BCUT2D eigenvalue weighted by atomic mass is 10.1. The highest BCUT2D eigenvalue weighted by Crippen LogP contribution is 2.39. The summed E-state index contributed by atoms with van der Waals surface area (Å²) >= 11 is 0. The number of amides is 1. The Kier molecular flexibility index (Phi) is 1.81. The Morgan fingerprint density at radius 2 is 2.05 bits per heavy atom. The molecule has 94 valence electrons. The quantitative estimate of drug-likeness (QED) is 0.806. The second-order valence-electron chi connectivity index (χ2n) is 4.29. The summed E-state index contributed by atoms with van der Waals surface area (Å²) in [6.45, 7) is 0. The standard InChI is InChI=1S/C13H9N3O3/c17-12-13(8-4-1-2-5-9(8)14-12)16-15-11(19-13)10-6-3-7-18-10/h1-7,16H,(H,14,17). The van der Waals surface area contributed by atoms with Crippen molar-refractivity contribution in [1.29, 1.82) is 0 Å². The number of ether oxygens (including phenoxy) is 1. The molecule has 0 bridgehead atoms. The summed E-state index contributed by atoms with van der Waals surface area (Å²) in [7, 11) is 0.